The number of halogens is 1. The predicted octanol–water partition coefficient (Wildman–Crippen LogP) is 2.11. The second kappa shape index (κ2) is 5.56. The van der Waals surface area contributed by atoms with Crippen molar-refractivity contribution in [2.24, 2.45) is 0 Å². The zero-order valence-corrected chi connectivity index (χ0v) is 12.2. The molecule has 1 fully saturated rings. The molecule has 1 saturated heterocycles. The highest BCUT2D eigenvalue weighted by atomic mass is 35.5. The highest BCUT2D eigenvalue weighted by molar-refractivity contribution is 6.30. The third kappa shape index (κ3) is 2.83. The summed E-state index contributed by atoms with van der Waals surface area (Å²) in [4.78, 5) is 25.1. The Labute approximate surface area is 127 Å². The molecule has 2 atom stereocenters. The molecular formula is C15H16ClNO4. The Kier molecular flexibility index (Phi) is 3.76. The summed E-state index contributed by atoms with van der Waals surface area (Å²) in [5, 5.41) is 9.55. The number of aliphatic carboxylic acids is 1. The van der Waals surface area contributed by atoms with Gasteiger partial charge in [0.2, 0.25) is 0 Å². The summed E-state index contributed by atoms with van der Waals surface area (Å²) >= 11 is 5.94. The fraction of sp³-hybridized carbons (Fsp3) is 0.467. The minimum absolute atomic E-state index is 0.00274. The molecule has 1 N–H and O–H groups in total. The lowest BCUT2D eigenvalue weighted by molar-refractivity contribution is -0.142. The van der Waals surface area contributed by atoms with E-state index >= 15 is 0 Å². The van der Waals surface area contributed by atoms with Crippen LogP contribution in [-0.4, -0.2) is 40.6 Å². The van der Waals surface area contributed by atoms with Crippen molar-refractivity contribution >= 4 is 23.5 Å². The molecule has 5 nitrogen and oxygen atoms in total. The van der Waals surface area contributed by atoms with Crippen molar-refractivity contribution in [3.63, 3.8) is 0 Å². The van der Waals surface area contributed by atoms with Crippen LogP contribution in [0, 0.1) is 0 Å². The topological polar surface area (TPSA) is 66.8 Å². The van der Waals surface area contributed by atoms with Gasteiger partial charge in [-0.2, -0.15) is 0 Å². The number of hydrogen-bond acceptors (Lipinski definition) is 3. The number of carbonyl (C=O) groups excluding carboxylic acids is 1. The molecule has 1 aromatic rings. The lowest BCUT2D eigenvalue weighted by Crippen LogP contribution is -2.44. The van der Waals surface area contributed by atoms with Crippen LogP contribution in [0.1, 0.15) is 24.8 Å². The highest BCUT2D eigenvalue weighted by Crippen LogP contribution is 2.33. The van der Waals surface area contributed by atoms with Gasteiger partial charge >= 0.3 is 5.97 Å². The number of carboxylic acids is 1. The highest BCUT2D eigenvalue weighted by Gasteiger charge is 2.38. The quantitative estimate of drug-likeness (QED) is 0.928. The molecule has 0 saturated carbocycles. The van der Waals surface area contributed by atoms with Gasteiger partial charge in [0.15, 0.2) is 6.10 Å². The molecule has 0 bridgehead atoms. The van der Waals surface area contributed by atoms with Crippen molar-refractivity contribution < 1.29 is 19.4 Å². The van der Waals surface area contributed by atoms with Crippen LogP contribution in [0.2, 0.25) is 5.02 Å². The summed E-state index contributed by atoms with van der Waals surface area (Å²) in [5.74, 6) is -0.306. The normalized spacial score (nSPS) is 23.8. The summed E-state index contributed by atoms with van der Waals surface area (Å²) in [6.07, 6.45) is 1.51. The number of carboxylic acid groups (broad SMARTS) is 1. The molecular weight excluding hydrogens is 294 g/mol. The van der Waals surface area contributed by atoms with Gasteiger partial charge in [-0.25, -0.2) is 0 Å². The van der Waals surface area contributed by atoms with Gasteiger partial charge in [-0.1, -0.05) is 11.6 Å². The zero-order chi connectivity index (χ0) is 15.0. The van der Waals surface area contributed by atoms with Crippen LogP contribution in [0.4, 0.5) is 0 Å². The summed E-state index contributed by atoms with van der Waals surface area (Å²) in [5.41, 5.74) is 0.926. The van der Waals surface area contributed by atoms with E-state index in [9.17, 15) is 9.59 Å². The van der Waals surface area contributed by atoms with E-state index in [1.165, 1.54) is 0 Å². The van der Waals surface area contributed by atoms with E-state index in [2.05, 4.69) is 0 Å². The standard InChI is InChI=1S/C15H16ClNO4/c16-10-3-4-12-9(6-10)7-13(21-12)15(20)17-5-1-2-11(17)8-14(18)19/h3-4,6,11,13H,1-2,5,7-8H2,(H,18,19). The Morgan fingerprint density at radius 1 is 1.43 bits per heavy atom. The first-order valence-corrected chi connectivity index (χ1v) is 7.40. The van der Waals surface area contributed by atoms with E-state index in [1.807, 2.05) is 6.07 Å². The van der Waals surface area contributed by atoms with Crippen LogP contribution in [0.5, 0.6) is 5.75 Å². The van der Waals surface area contributed by atoms with Crippen molar-refractivity contribution in [2.45, 2.75) is 37.8 Å². The molecule has 2 aliphatic heterocycles. The number of benzene rings is 1. The number of likely N-dealkylation sites (tertiary alicyclic amines) is 1. The number of hydrogen-bond donors (Lipinski definition) is 1. The maximum atomic E-state index is 12.6. The molecule has 2 aliphatic rings. The number of carbonyl (C=O) groups is 2. The minimum atomic E-state index is -0.873. The Morgan fingerprint density at radius 2 is 2.24 bits per heavy atom. The fourth-order valence-electron chi connectivity index (χ4n) is 3.08. The first-order valence-electron chi connectivity index (χ1n) is 7.02. The monoisotopic (exact) mass is 309 g/mol. The van der Waals surface area contributed by atoms with Gasteiger partial charge in [0.25, 0.3) is 5.91 Å². The first-order chi connectivity index (χ1) is 10.0. The SMILES string of the molecule is O=C(O)CC1CCCN1C(=O)C1Cc2cc(Cl)ccc2O1. The second-order valence-electron chi connectivity index (χ2n) is 5.49. The van der Waals surface area contributed by atoms with Crippen molar-refractivity contribution in [3.05, 3.63) is 28.8 Å². The lowest BCUT2D eigenvalue weighted by Gasteiger charge is -2.26. The fourth-order valence-corrected chi connectivity index (χ4v) is 3.27. The van der Waals surface area contributed by atoms with E-state index in [0.717, 1.165) is 18.4 Å². The Hall–Kier alpha value is -1.75. The van der Waals surface area contributed by atoms with Crippen LogP contribution >= 0.6 is 11.6 Å². The number of fused-ring (bicyclic) bond motifs is 1. The summed E-state index contributed by atoms with van der Waals surface area (Å²) < 4.78 is 5.69. The van der Waals surface area contributed by atoms with E-state index < -0.39 is 12.1 Å². The average Bonchev–Trinajstić information content (AvgIpc) is 3.03. The van der Waals surface area contributed by atoms with E-state index in [-0.39, 0.29) is 18.4 Å². The van der Waals surface area contributed by atoms with Gasteiger partial charge in [0.1, 0.15) is 5.75 Å². The van der Waals surface area contributed by atoms with Crippen molar-refractivity contribution in [2.75, 3.05) is 6.54 Å². The van der Waals surface area contributed by atoms with Crippen LogP contribution < -0.4 is 4.74 Å². The van der Waals surface area contributed by atoms with Crippen LogP contribution in [0.15, 0.2) is 18.2 Å². The van der Waals surface area contributed by atoms with Gasteiger partial charge < -0.3 is 14.7 Å². The van der Waals surface area contributed by atoms with Crippen LogP contribution in [-0.2, 0) is 16.0 Å². The van der Waals surface area contributed by atoms with Crippen LogP contribution in [0.25, 0.3) is 0 Å². The summed E-state index contributed by atoms with van der Waals surface area (Å²) in [6.45, 7) is 0.605. The summed E-state index contributed by atoms with van der Waals surface area (Å²) in [6, 6.07) is 5.09. The molecule has 21 heavy (non-hydrogen) atoms. The minimum Gasteiger partial charge on any atom is -0.481 e. The second-order valence-corrected chi connectivity index (χ2v) is 5.92. The number of ether oxygens (including phenoxy) is 1. The lowest BCUT2D eigenvalue weighted by atomic mass is 10.1. The predicted molar refractivity (Wildman–Crippen MR) is 76.6 cm³/mol. The van der Waals surface area contributed by atoms with E-state index in [1.54, 1.807) is 17.0 Å². The molecule has 2 heterocycles. The zero-order valence-electron chi connectivity index (χ0n) is 11.4. The van der Waals surface area contributed by atoms with Gasteiger partial charge in [-0.15, -0.1) is 0 Å². The smallest absolute Gasteiger partial charge is 0.305 e. The molecule has 0 spiro atoms. The number of amides is 1. The third-order valence-electron chi connectivity index (χ3n) is 4.04. The maximum Gasteiger partial charge on any atom is 0.305 e. The van der Waals surface area contributed by atoms with Gasteiger partial charge in [0, 0.05) is 24.0 Å². The first kappa shape index (κ1) is 14.2. The van der Waals surface area contributed by atoms with Gasteiger partial charge in [-0.05, 0) is 36.6 Å². The number of rotatable bonds is 3. The van der Waals surface area contributed by atoms with E-state index in [0.29, 0.717) is 23.7 Å². The van der Waals surface area contributed by atoms with Gasteiger partial charge in [0.05, 0.1) is 6.42 Å². The molecule has 1 aromatic carbocycles. The average molecular weight is 310 g/mol. The number of nitrogens with zero attached hydrogens (tertiary/aromatic N) is 1. The maximum absolute atomic E-state index is 12.6. The Morgan fingerprint density at radius 3 is 3.00 bits per heavy atom. The molecule has 6 heteroatoms. The van der Waals surface area contributed by atoms with Crippen molar-refractivity contribution in [1.29, 1.82) is 0 Å². The molecule has 112 valence electrons. The van der Waals surface area contributed by atoms with Crippen LogP contribution in [0.3, 0.4) is 0 Å². The Balaban J connectivity index is 1.71. The third-order valence-corrected chi connectivity index (χ3v) is 4.28. The molecule has 2 unspecified atom stereocenters. The molecule has 0 aromatic heterocycles. The molecule has 3 rings (SSSR count). The Bertz CT molecular complexity index is 589. The largest absolute Gasteiger partial charge is 0.481 e. The van der Waals surface area contributed by atoms with Crippen molar-refractivity contribution in [1.82, 2.24) is 4.90 Å². The molecule has 0 aliphatic carbocycles. The van der Waals surface area contributed by atoms with Crippen molar-refractivity contribution in [3.8, 4) is 5.75 Å². The molecule has 1 amide bonds. The summed E-state index contributed by atoms with van der Waals surface area (Å²) in [7, 11) is 0. The van der Waals surface area contributed by atoms with Gasteiger partial charge in [-0.3, -0.25) is 9.59 Å². The molecule has 0 radical (unpaired) electrons. The van der Waals surface area contributed by atoms with E-state index in [4.69, 9.17) is 21.4 Å².